The van der Waals surface area contributed by atoms with Crippen LogP contribution in [-0.4, -0.2) is 7.11 Å². The Hall–Kier alpha value is -1.54. The fraction of sp³-hybridized carbons (Fsp3) is 0.375. The highest BCUT2D eigenvalue weighted by molar-refractivity contribution is 5.91. The number of nitrogens with two attached hydrogens (primary N) is 1. The van der Waals surface area contributed by atoms with Crippen molar-refractivity contribution in [3.63, 3.8) is 0 Å². The second kappa shape index (κ2) is 5.40. The van der Waals surface area contributed by atoms with E-state index in [1.165, 1.54) is 10.9 Å². The molecule has 2 aromatic rings. The summed E-state index contributed by atoms with van der Waals surface area (Å²) < 4.78 is 5.40. The first-order chi connectivity index (χ1) is 8.63. The predicted molar refractivity (Wildman–Crippen MR) is 76.9 cm³/mol. The first-order valence-corrected chi connectivity index (χ1v) is 6.44. The molecule has 2 nitrogen and oxygen atoms in total. The molecule has 0 aliphatic rings. The molecule has 2 heteroatoms. The number of ether oxygens (including phenoxy) is 1. The molecule has 0 heterocycles. The summed E-state index contributed by atoms with van der Waals surface area (Å²) in [6.45, 7) is 4.40. The number of hydrogen-bond acceptors (Lipinski definition) is 2. The van der Waals surface area contributed by atoms with E-state index in [4.69, 9.17) is 10.5 Å². The Kier molecular flexibility index (Phi) is 3.87. The Morgan fingerprint density at radius 2 is 1.72 bits per heavy atom. The van der Waals surface area contributed by atoms with Gasteiger partial charge < -0.3 is 10.5 Å². The minimum absolute atomic E-state index is 0.0841. The van der Waals surface area contributed by atoms with Crippen LogP contribution >= 0.6 is 0 Å². The summed E-state index contributed by atoms with van der Waals surface area (Å²) in [5, 5.41) is 2.33. The van der Waals surface area contributed by atoms with Gasteiger partial charge in [-0.25, -0.2) is 0 Å². The second-order valence-corrected chi connectivity index (χ2v) is 5.14. The van der Waals surface area contributed by atoms with Crippen LogP contribution in [-0.2, 0) is 0 Å². The van der Waals surface area contributed by atoms with E-state index in [-0.39, 0.29) is 6.04 Å². The molecule has 0 spiro atoms. The minimum Gasteiger partial charge on any atom is -0.496 e. The fourth-order valence-corrected chi connectivity index (χ4v) is 2.43. The highest BCUT2D eigenvalue weighted by Gasteiger charge is 2.13. The van der Waals surface area contributed by atoms with Gasteiger partial charge in [0.25, 0.3) is 0 Å². The van der Waals surface area contributed by atoms with Gasteiger partial charge in [0.05, 0.1) is 7.11 Å². The predicted octanol–water partition coefficient (Wildman–Crippen LogP) is 3.89. The van der Waals surface area contributed by atoms with E-state index >= 15 is 0 Å². The van der Waals surface area contributed by atoms with Gasteiger partial charge in [0.2, 0.25) is 0 Å². The van der Waals surface area contributed by atoms with E-state index < -0.39 is 0 Å². The van der Waals surface area contributed by atoms with Crippen LogP contribution in [0.4, 0.5) is 0 Å². The van der Waals surface area contributed by atoms with Gasteiger partial charge in [-0.05, 0) is 29.4 Å². The summed E-state index contributed by atoms with van der Waals surface area (Å²) in [4.78, 5) is 0. The topological polar surface area (TPSA) is 35.2 Å². The average molecular weight is 243 g/mol. The van der Waals surface area contributed by atoms with Crippen molar-refractivity contribution in [2.75, 3.05) is 7.11 Å². The number of rotatable bonds is 4. The minimum atomic E-state index is 0.0841. The van der Waals surface area contributed by atoms with Crippen LogP contribution in [0.1, 0.15) is 31.9 Å². The molecule has 2 rings (SSSR count). The van der Waals surface area contributed by atoms with Gasteiger partial charge in [-0.2, -0.15) is 0 Å². The molecule has 0 radical (unpaired) electrons. The van der Waals surface area contributed by atoms with Crippen molar-refractivity contribution in [2.45, 2.75) is 26.3 Å². The molecule has 0 saturated carbocycles. The van der Waals surface area contributed by atoms with Crippen LogP contribution in [0.5, 0.6) is 5.75 Å². The van der Waals surface area contributed by atoms with E-state index in [1.807, 2.05) is 18.2 Å². The highest BCUT2D eigenvalue weighted by atomic mass is 16.5. The van der Waals surface area contributed by atoms with Crippen molar-refractivity contribution in [3.05, 3.63) is 42.0 Å². The monoisotopic (exact) mass is 243 g/mol. The summed E-state index contributed by atoms with van der Waals surface area (Å²) >= 11 is 0. The third-order valence-electron chi connectivity index (χ3n) is 3.26. The van der Waals surface area contributed by atoms with Gasteiger partial charge in [-0.3, -0.25) is 0 Å². The van der Waals surface area contributed by atoms with Gasteiger partial charge >= 0.3 is 0 Å². The van der Waals surface area contributed by atoms with Crippen molar-refractivity contribution in [2.24, 2.45) is 11.7 Å². The maximum Gasteiger partial charge on any atom is 0.126 e. The van der Waals surface area contributed by atoms with Crippen LogP contribution in [0.25, 0.3) is 10.8 Å². The molecule has 0 amide bonds. The molecular weight excluding hydrogens is 222 g/mol. The molecule has 96 valence electrons. The Labute approximate surface area is 109 Å². The molecule has 0 saturated heterocycles. The van der Waals surface area contributed by atoms with Gasteiger partial charge in [0.1, 0.15) is 5.75 Å². The summed E-state index contributed by atoms with van der Waals surface area (Å²) in [6.07, 6.45) is 0.996. The maximum absolute atomic E-state index is 6.31. The Bertz CT molecular complexity index is 534. The number of fused-ring (bicyclic) bond motifs is 1. The molecule has 1 atom stereocenters. The molecule has 0 bridgehead atoms. The molecule has 18 heavy (non-hydrogen) atoms. The molecule has 0 aliphatic heterocycles. The first-order valence-electron chi connectivity index (χ1n) is 6.44. The Balaban J connectivity index is 2.52. The van der Waals surface area contributed by atoms with Gasteiger partial charge in [-0.15, -0.1) is 0 Å². The molecule has 0 aliphatic carbocycles. The van der Waals surface area contributed by atoms with E-state index in [9.17, 15) is 0 Å². The summed E-state index contributed by atoms with van der Waals surface area (Å²) in [7, 11) is 1.70. The Morgan fingerprint density at radius 1 is 1.06 bits per heavy atom. The summed E-state index contributed by atoms with van der Waals surface area (Å²) in [5.74, 6) is 1.51. The number of benzene rings is 2. The summed E-state index contributed by atoms with van der Waals surface area (Å²) in [5.41, 5.74) is 7.52. The van der Waals surface area contributed by atoms with E-state index in [0.717, 1.165) is 17.6 Å². The van der Waals surface area contributed by atoms with Gasteiger partial charge in [0.15, 0.2) is 0 Å². The van der Waals surface area contributed by atoms with Crippen molar-refractivity contribution in [1.82, 2.24) is 0 Å². The molecule has 2 aromatic carbocycles. The van der Waals surface area contributed by atoms with Crippen molar-refractivity contribution >= 4 is 10.8 Å². The van der Waals surface area contributed by atoms with Crippen LogP contribution in [0.15, 0.2) is 36.4 Å². The lowest BCUT2D eigenvalue weighted by molar-refractivity contribution is 0.419. The van der Waals surface area contributed by atoms with Crippen LogP contribution in [0, 0.1) is 5.92 Å². The van der Waals surface area contributed by atoms with Gasteiger partial charge in [-0.1, -0.05) is 44.2 Å². The zero-order valence-electron chi connectivity index (χ0n) is 11.3. The lowest BCUT2D eigenvalue weighted by Crippen LogP contribution is -2.13. The standard InChI is InChI=1S/C16H21NO/c1-11(2)10-15(17)13-8-9-16(18-3)14-7-5-4-6-12(13)14/h4-9,11,15H,10,17H2,1-3H3/t15-/m1/s1. The maximum atomic E-state index is 6.31. The molecule has 2 N–H and O–H groups in total. The first kappa shape index (κ1) is 12.9. The molecular formula is C16H21NO. The summed E-state index contributed by atoms with van der Waals surface area (Å²) in [6, 6.07) is 12.5. The van der Waals surface area contributed by atoms with E-state index in [2.05, 4.69) is 32.0 Å². The molecule has 0 fully saturated rings. The van der Waals surface area contributed by atoms with Gasteiger partial charge in [0, 0.05) is 11.4 Å². The average Bonchev–Trinajstić information content (AvgIpc) is 2.36. The highest BCUT2D eigenvalue weighted by Crippen LogP contribution is 2.32. The Morgan fingerprint density at radius 3 is 2.33 bits per heavy atom. The zero-order chi connectivity index (χ0) is 13.1. The normalized spacial score (nSPS) is 12.9. The van der Waals surface area contributed by atoms with Crippen molar-refractivity contribution in [1.29, 1.82) is 0 Å². The molecule has 0 aromatic heterocycles. The number of hydrogen-bond donors (Lipinski definition) is 1. The van der Waals surface area contributed by atoms with Crippen LogP contribution in [0.3, 0.4) is 0 Å². The smallest absolute Gasteiger partial charge is 0.126 e. The third-order valence-corrected chi connectivity index (χ3v) is 3.26. The van der Waals surface area contributed by atoms with Crippen molar-refractivity contribution in [3.8, 4) is 5.75 Å². The van der Waals surface area contributed by atoms with Crippen LogP contribution < -0.4 is 10.5 Å². The fourth-order valence-electron chi connectivity index (χ4n) is 2.43. The quantitative estimate of drug-likeness (QED) is 0.884. The molecule has 0 unspecified atom stereocenters. The van der Waals surface area contributed by atoms with Crippen LogP contribution in [0.2, 0.25) is 0 Å². The largest absolute Gasteiger partial charge is 0.496 e. The lowest BCUT2D eigenvalue weighted by atomic mass is 9.93. The van der Waals surface area contributed by atoms with E-state index in [0.29, 0.717) is 5.92 Å². The SMILES string of the molecule is COc1ccc([C@H](N)CC(C)C)c2ccccc12. The lowest BCUT2D eigenvalue weighted by Gasteiger charge is -2.18. The van der Waals surface area contributed by atoms with E-state index in [1.54, 1.807) is 7.11 Å². The van der Waals surface area contributed by atoms with Crippen molar-refractivity contribution < 1.29 is 4.74 Å². The zero-order valence-corrected chi connectivity index (χ0v) is 11.3. The number of methoxy groups -OCH3 is 1. The third kappa shape index (κ3) is 2.49. The second-order valence-electron chi connectivity index (χ2n) is 5.14.